The van der Waals surface area contributed by atoms with Gasteiger partial charge in [-0.15, -0.1) is 0 Å². The van der Waals surface area contributed by atoms with E-state index in [4.69, 9.17) is 4.98 Å². The molecule has 0 aliphatic rings. The highest BCUT2D eigenvalue weighted by Crippen LogP contribution is 2.29. The highest BCUT2D eigenvalue weighted by Gasteiger charge is 2.12. The number of hydrogen-bond donors (Lipinski definition) is 2. The van der Waals surface area contributed by atoms with Crippen molar-refractivity contribution in [1.82, 2.24) is 15.2 Å². The highest BCUT2D eigenvalue weighted by atomic mass is 15.1. The number of pyridine rings is 1. The lowest BCUT2D eigenvalue weighted by atomic mass is 10.1. The molecule has 4 nitrogen and oxygen atoms in total. The monoisotopic (exact) mass is 252 g/mol. The topological polar surface area (TPSA) is 53.6 Å². The van der Waals surface area contributed by atoms with Gasteiger partial charge in [-0.25, -0.2) is 4.98 Å². The second-order valence-corrected chi connectivity index (χ2v) is 4.64. The van der Waals surface area contributed by atoms with Gasteiger partial charge in [-0.2, -0.15) is 5.10 Å². The van der Waals surface area contributed by atoms with E-state index in [1.807, 2.05) is 38.2 Å². The predicted octanol–water partition coefficient (Wildman–Crippen LogP) is 3.28. The van der Waals surface area contributed by atoms with Gasteiger partial charge in [-0.3, -0.25) is 5.10 Å². The van der Waals surface area contributed by atoms with Gasteiger partial charge in [0.1, 0.15) is 5.69 Å². The fourth-order valence-corrected chi connectivity index (χ4v) is 2.24. The molecule has 0 saturated heterocycles. The maximum absolute atomic E-state index is 4.71. The van der Waals surface area contributed by atoms with Crippen LogP contribution in [0.4, 0.5) is 5.69 Å². The van der Waals surface area contributed by atoms with E-state index in [1.54, 1.807) is 0 Å². The number of nitrogens with zero attached hydrogens (tertiary/aromatic N) is 2. The van der Waals surface area contributed by atoms with Crippen LogP contribution < -0.4 is 5.32 Å². The lowest BCUT2D eigenvalue weighted by Crippen LogP contribution is -1.94. The third-order valence-electron chi connectivity index (χ3n) is 3.48. The number of aryl methyl sites for hydroxylation is 1. The first-order valence-electron chi connectivity index (χ1n) is 6.30. The molecule has 2 aromatic heterocycles. The van der Waals surface area contributed by atoms with Crippen LogP contribution >= 0.6 is 0 Å². The van der Waals surface area contributed by atoms with Gasteiger partial charge in [-0.1, -0.05) is 18.2 Å². The molecule has 1 aromatic carbocycles. The zero-order chi connectivity index (χ0) is 13.4. The molecule has 96 valence electrons. The molecule has 0 amide bonds. The predicted molar refractivity (Wildman–Crippen MR) is 78.3 cm³/mol. The molecule has 19 heavy (non-hydrogen) atoms. The van der Waals surface area contributed by atoms with Gasteiger partial charge in [0, 0.05) is 23.8 Å². The largest absolute Gasteiger partial charge is 0.388 e. The Hall–Kier alpha value is -2.36. The lowest BCUT2D eigenvalue weighted by molar-refractivity contribution is 1.04. The Morgan fingerprint density at radius 3 is 2.63 bits per heavy atom. The fourth-order valence-electron chi connectivity index (χ4n) is 2.24. The number of fused-ring (bicyclic) bond motifs is 1. The minimum Gasteiger partial charge on any atom is -0.388 e. The number of hydrogen-bond acceptors (Lipinski definition) is 3. The van der Waals surface area contributed by atoms with Crippen LogP contribution in [0.25, 0.3) is 22.3 Å². The van der Waals surface area contributed by atoms with Crippen LogP contribution in [0.1, 0.15) is 11.3 Å². The standard InChI is InChI=1S/C15H16N4/c1-9-10(2)18-19-15(9)14-8-13(16-3)11-6-4-5-7-12(11)17-14/h4-8H,1-3H3,(H,16,17)(H,18,19). The van der Waals surface area contributed by atoms with E-state index in [1.165, 1.54) is 0 Å². The van der Waals surface area contributed by atoms with Crippen LogP contribution in [0.15, 0.2) is 30.3 Å². The van der Waals surface area contributed by atoms with Gasteiger partial charge < -0.3 is 5.32 Å². The van der Waals surface area contributed by atoms with E-state index in [9.17, 15) is 0 Å². The summed E-state index contributed by atoms with van der Waals surface area (Å²) in [4.78, 5) is 4.71. The normalized spacial score (nSPS) is 10.9. The van der Waals surface area contributed by atoms with Crippen molar-refractivity contribution in [2.24, 2.45) is 0 Å². The maximum atomic E-state index is 4.71. The molecule has 0 radical (unpaired) electrons. The Kier molecular flexibility index (Phi) is 2.71. The van der Waals surface area contributed by atoms with Crippen LogP contribution in [0.5, 0.6) is 0 Å². The lowest BCUT2D eigenvalue weighted by Gasteiger charge is -2.08. The zero-order valence-corrected chi connectivity index (χ0v) is 11.3. The molecular formula is C15H16N4. The Morgan fingerprint density at radius 1 is 1.16 bits per heavy atom. The van der Waals surface area contributed by atoms with Crippen LogP contribution in [-0.2, 0) is 0 Å². The van der Waals surface area contributed by atoms with E-state index in [0.717, 1.165) is 39.2 Å². The first-order valence-corrected chi connectivity index (χ1v) is 6.30. The third-order valence-corrected chi connectivity index (χ3v) is 3.48. The number of benzene rings is 1. The zero-order valence-electron chi connectivity index (χ0n) is 11.3. The van der Waals surface area contributed by atoms with Crippen LogP contribution in [0.2, 0.25) is 0 Å². The number of rotatable bonds is 2. The average Bonchev–Trinajstić information content (AvgIpc) is 2.78. The summed E-state index contributed by atoms with van der Waals surface area (Å²) in [6, 6.07) is 10.2. The summed E-state index contributed by atoms with van der Waals surface area (Å²) >= 11 is 0. The van der Waals surface area contributed by atoms with Crippen molar-refractivity contribution < 1.29 is 0 Å². The summed E-state index contributed by atoms with van der Waals surface area (Å²) in [6.45, 7) is 4.08. The second kappa shape index (κ2) is 4.39. The van der Waals surface area contributed by atoms with Crippen molar-refractivity contribution in [1.29, 1.82) is 0 Å². The molecule has 2 N–H and O–H groups in total. The molecule has 4 heteroatoms. The number of para-hydroxylation sites is 1. The SMILES string of the molecule is CNc1cc(-c2n[nH]c(C)c2C)nc2ccccc12. The Labute approximate surface area is 111 Å². The summed E-state index contributed by atoms with van der Waals surface area (Å²) in [5.41, 5.74) is 6.08. The molecule has 0 aliphatic heterocycles. The van der Waals surface area contributed by atoms with E-state index in [-0.39, 0.29) is 0 Å². The minimum absolute atomic E-state index is 0.893. The summed E-state index contributed by atoms with van der Waals surface area (Å²) < 4.78 is 0. The van der Waals surface area contributed by atoms with Crippen molar-refractivity contribution >= 4 is 16.6 Å². The summed E-state index contributed by atoms with van der Waals surface area (Å²) in [6.07, 6.45) is 0. The van der Waals surface area contributed by atoms with Gasteiger partial charge in [0.2, 0.25) is 0 Å². The highest BCUT2D eigenvalue weighted by molar-refractivity contribution is 5.93. The van der Waals surface area contributed by atoms with E-state index in [0.29, 0.717) is 0 Å². The maximum Gasteiger partial charge on any atom is 0.114 e. The quantitative estimate of drug-likeness (QED) is 0.736. The number of H-pyrrole nitrogens is 1. The third kappa shape index (κ3) is 1.85. The summed E-state index contributed by atoms with van der Waals surface area (Å²) in [5, 5.41) is 11.7. The average molecular weight is 252 g/mol. The molecule has 0 atom stereocenters. The molecule has 3 aromatic rings. The molecule has 3 rings (SSSR count). The van der Waals surface area contributed by atoms with E-state index >= 15 is 0 Å². The second-order valence-electron chi connectivity index (χ2n) is 4.64. The number of anilines is 1. The molecule has 0 aliphatic carbocycles. The summed E-state index contributed by atoms with van der Waals surface area (Å²) in [5.74, 6) is 0. The van der Waals surface area contributed by atoms with Gasteiger partial charge in [0.15, 0.2) is 0 Å². The minimum atomic E-state index is 0.893. The number of aromatic nitrogens is 3. The smallest absolute Gasteiger partial charge is 0.114 e. The molecule has 0 unspecified atom stereocenters. The number of nitrogens with one attached hydrogen (secondary N) is 2. The fraction of sp³-hybridized carbons (Fsp3) is 0.200. The number of aromatic amines is 1. The molecule has 0 saturated carbocycles. The van der Waals surface area contributed by atoms with Crippen LogP contribution in [-0.4, -0.2) is 22.2 Å². The van der Waals surface area contributed by atoms with Gasteiger partial charge in [-0.05, 0) is 31.5 Å². The van der Waals surface area contributed by atoms with Gasteiger partial charge in [0.25, 0.3) is 0 Å². The van der Waals surface area contributed by atoms with Crippen LogP contribution in [0.3, 0.4) is 0 Å². The van der Waals surface area contributed by atoms with Crippen LogP contribution in [0, 0.1) is 13.8 Å². The van der Waals surface area contributed by atoms with Crippen molar-refractivity contribution in [3.8, 4) is 11.4 Å². The molecule has 2 heterocycles. The Bertz CT molecular complexity index is 743. The van der Waals surface area contributed by atoms with E-state index in [2.05, 4.69) is 28.5 Å². The van der Waals surface area contributed by atoms with Crippen molar-refractivity contribution in [2.45, 2.75) is 13.8 Å². The molecular weight excluding hydrogens is 236 g/mol. The molecule has 0 spiro atoms. The van der Waals surface area contributed by atoms with Crippen molar-refractivity contribution in [2.75, 3.05) is 12.4 Å². The first-order chi connectivity index (χ1) is 9.20. The van der Waals surface area contributed by atoms with E-state index < -0.39 is 0 Å². The molecule has 0 fully saturated rings. The molecule has 0 bridgehead atoms. The Balaban J connectivity index is 2.28. The first kappa shape index (κ1) is 11.7. The Morgan fingerprint density at radius 2 is 1.95 bits per heavy atom. The van der Waals surface area contributed by atoms with Gasteiger partial charge >= 0.3 is 0 Å². The van der Waals surface area contributed by atoms with Crippen molar-refractivity contribution in [3.63, 3.8) is 0 Å². The summed E-state index contributed by atoms with van der Waals surface area (Å²) in [7, 11) is 1.92. The van der Waals surface area contributed by atoms with Crippen molar-refractivity contribution in [3.05, 3.63) is 41.6 Å². The van der Waals surface area contributed by atoms with Gasteiger partial charge in [0.05, 0.1) is 11.2 Å².